The van der Waals surface area contributed by atoms with Crippen molar-refractivity contribution < 1.29 is 28.5 Å². The highest BCUT2D eigenvalue weighted by atomic mass is 19.3. The molecule has 1 aromatic rings. The molecule has 2 heterocycles. The number of hydrogen-bond acceptors (Lipinski definition) is 6. The van der Waals surface area contributed by atoms with Crippen LogP contribution >= 0.6 is 0 Å². The summed E-state index contributed by atoms with van der Waals surface area (Å²) in [6.45, 7) is 0.0125. The number of methoxy groups -OCH3 is 1. The number of carbonyl (C=O) groups is 1. The molecule has 116 valence electrons. The van der Waals surface area contributed by atoms with E-state index >= 15 is 0 Å². The van der Waals surface area contributed by atoms with Gasteiger partial charge in [0.25, 0.3) is 6.43 Å². The summed E-state index contributed by atoms with van der Waals surface area (Å²) in [6, 6.07) is 0. The molecule has 7 nitrogen and oxygen atoms in total. The number of hydrogen-bond donors (Lipinski definition) is 2. The summed E-state index contributed by atoms with van der Waals surface area (Å²) >= 11 is 0. The lowest BCUT2D eigenvalue weighted by Gasteiger charge is -2.39. The summed E-state index contributed by atoms with van der Waals surface area (Å²) in [5.74, 6) is -1.33. The minimum atomic E-state index is -2.90. The fourth-order valence-electron chi connectivity index (χ4n) is 2.35. The van der Waals surface area contributed by atoms with E-state index in [1.165, 1.54) is 12.0 Å². The van der Waals surface area contributed by atoms with Gasteiger partial charge in [-0.1, -0.05) is 0 Å². The van der Waals surface area contributed by atoms with E-state index in [0.29, 0.717) is 13.0 Å². The molecule has 0 bridgehead atoms. The molecule has 0 amide bonds. The highest BCUT2D eigenvalue weighted by Crippen LogP contribution is 2.34. The van der Waals surface area contributed by atoms with Crippen LogP contribution in [0, 0.1) is 0 Å². The number of ether oxygens (including phenoxy) is 1. The van der Waals surface area contributed by atoms with Crippen molar-refractivity contribution in [2.24, 2.45) is 0 Å². The maximum Gasteiger partial charge on any atom is 0.358 e. The molecule has 1 fully saturated rings. The second kappa shape index (κ2) is 5.76. The van der Waals surface area contributed by atoms with E-state index in [-0.39, 0.29) is 30.2 Å². The third-order valence-electron chi connectivity index (χ3n) is 3.40. The van der Waals surface area contributed by atoms with Crippen molar-refractivity contribution in [3.63, 3.8) is 0 Å². The van der Waals surface area contributed by atoms with Gasteiger partial charge in [-0.2, -0.15) is 0 Å². The average Bonchev–Trinajstić information content (AvgIpc) is 2.46. The van der Waals surface area contributed by atoms with Crippen molar-refractivity contribution in [1.82, 2.24) is 9.97 Å². The Kier molecular flexibility index (Phi) is 4.21. The minimum absolute atomic E-state index is 0.0274. The van der Waals surface area contributed by atoms with E-state index in [2.05, 4.69) is 9.97 Å². The topological polar surface area (TPSA) is 95.8 Å². The Labute approximate surface area is 119 Å². The SMILES string of the molecule is COc1c(C(=O)O)ncnc1N1CCCC(O)(C(F)F)C1. The maximum absolute atomic E-state index is 12.9. The van der Waals surface area contributed by atoms with Crippen LogP contribution in [-0.2, 0) is 0 Å². The molecule has 0 aliphatic carbocycles. The Hall–Kier alpha value is -2.03. The van der Waals surface area contributed by atoms with E-state index < -0.39 is 18.0 Å². The molecule has 1 unspecified atom stereocenters. The van der Waals surface area contributed by atoms with Gasteiger partial charge in [-0.25, -0.2) is 23.5 Å². The Morgan fingerprint density at radius 1 is 1.52 bits per heavy atom. The molecule has 2 rings (SSSR count). The Morgan fingerprint density at radius 2 is 2.24 bits per heavy atom. The third kappa shape index (κ3) is 2.87. The number of carboxylic acids is 1. The number of aliphatic hydroxyl groups is 1. The molecule has 0 aromatic carbocycles. The number of halogens is 2. The van der Waals surface area contributed by atoms with Crippen molar-refractivity contribution in [2.45, 2.75) is 24.9 Å². The highest BCUT2D eigenvalue weighted by Gasteiger charge is 2.42. The monoisotopic (exact) mass is 303 g/mol. The first kappa shape index (κ1) is 15.4. The number of β-amino-alcohol motifs (C(OH)–C–C–N with tert-alkyl or cyclic N) is 1. The molecule has 1 aliphatic heterocycles. The first-order valence-corrected chi connectivity index (χ1v) is 6.27. The van der Waals surface area contributed by atoms with E-state index in [0.717, 1.165) is 6.33 Å². The van der Waals surface area contributed by atoms with Gasteiger partial charge in [0.15, 0.2) is 17.3 Å². The second-order valence-corrected chi connectivity index (χ2v) is 4.81. The van der Waals surface area contributed by atoms with Gasteiger partial charge in [0.1, 0.15) is 11.9 Å². The molecule has 2 N–H and O–H groups in total. The lowest BCUT2D eigenvalue weighted by Crippen LogP contribution is -2.53. The molecule has 21 heavy (non-hydrogen) atoms. The van der Waals surface area contributed by atoms with Crippen LogP contribution in [0.3, 0.4) is 0 Å². The van der Waals surface area contributed by atoms with Gasteiger partial charge in [-0.15, -0.1) is 0 Å². The van der Waals surface area contributed by atoms with Crippen molar-refractivity contribution in [2.75, 3.05) is 25.1 Å². The summed E-state index contributed by atoms with van der Waals surface area (Å²) in [4.78, 5) is 20.0. The maximum atomic E-state index is 12.9. The number of rotatable bonds is 4. The molecule has 1 atom stereocenters. The van der Waals surface area contributed by atoms with Gasteiger partial charge >= 0.3 is 5.97 Å². The van der Waals surface area contributed by atoms with Crippen molar-refractivity contribution in [3.05, 3.63) is 12.0 Å². The summed E-state index contributed by atoms with van der Waals surface area (Å²) in [5.41, 5.74) is -2.49. The molecular weight excluding hydrogens is 288 g/mol. The lowest BCUT2D eigenvalue weighted by atomic mass is 9.93. The minimum Gasteiger partial charge on any atom is -0.491 e. The van der Waals surface area contributed by atoms with Crippen LogP contribution in [0.2, 0.25) is 0 Å². The number of aromatic carboxylic acids is 1. The molecule has 0 spiro atoms. The first-order valence-electron chi connectivity index (χ1n) is 6.27. The average molecular weight is 303 g/mol. The van der Waals surface area contributed by atoms with Crippen LogP contribution in [0.4, 0.5) is 14.6 Å². The van der Waals surface area contributed by atoms with Gasteiger partial charge in [0.2, 0.25) is 0 Å². The summed E-state index contributed by atoms with van der Waals surface area (Å²) in [7, 11) is 1.25. The molecule has 1 aliphatic rings. The fraction of sp³-hybridized carbons (Fsp3) is 0.583. The Bertz CT molecular complexity index is 543. The first-order chi connectivity index (χ1) is 9.89. The lowest BCUT2D eigenvalue weighted by molar-refractivity contribution is -0.102. The molecular formula is C12H15F2N3O4. The van der Waals surface area contributed by atoms with Crippen LogP contribution in [0.25, 0.3) is 0 Å². The van der Waals surface area contributed by atoms with E-state index in [1.807, 2.05) is 0 Å². The van der Waals surface area contributed by atoms with Crippen molar-refractivity contribution in [3.8, 4) is 5.75 Å². The Balaban J connectivity index is 2.38. The van der Waals surface area contributed by atoms with Gasteiger partial charge in [0.05, 0.1) is 13.7 Å². The fourth-order valence-corrected chi connectivity index (χ4v) is 2.35. The number of anilines is 1. The third-order valence-corrected chi connectivity index (χ3v) is 3.40. The van der Waals surface area contributed by atoms with Crippen molar-refractivity contribution in [1.29, 1.82) is 0 Å². The number of carboxylic acid groups (broad SMARTS) is 1. The van der Waals surface area contributed by atoms with E-state index in [9.17, 15) is 18.7 Å². The predicted octanol–water partition coefficient (Wildman–Crippen LogP) is 0.780. The normalized spacial score (nSPS) is 22.4. The van der Waals surface area contributed by atoms with Gasteiger partial charge in [-0.05, 0) is 12.8 Å². The summed E-state index contributed by atoms with van der Waals surface area (Å²) < 4.78 is 30.9. The number of nitrogens with zero attached hydrogens (tertiary/aromatic N) is 3. The molecule has 1 aromatic heterocycles. The van der Waals surface area contributed by atoms with E-state index in [4.69, 9.17) is 9.84 Å². The molecule has 0 radical (unpaired) electrons. The van der Waals surface area contributed by atoms with Crippen LogP contribution < -0.4 is 9.64 Å². The van der Waals surface area contributed by atoms with Crippen molar-refractivity contribution >= 4 is 11.8 Å². The zero-order valence-corrected chi connectivity index (χ0v) is 11.3. The van der Waals surface area contributed by atoms with Crippen LogP contribution in [0.15, 0.2) is 6.33 Å². The van der Waals surface area contributed by atoms with Crippen LogP contribution in [-0.4, -0.2) is 58.4 Å². The Morgan fingerprint density at radius 3 is 2.81 bits per heavy atom. The zero-order chi connectivity index (χ0) is 15.6. The highest BCUT2D eigenvalue weighted by molar-refractivity contribution is 5.90. The van der Waals surface area contributed by atoms with Gasteiger partial charge in [0, 0.05) is 6.54 Å². The van der Waals surface area contributed by atoms with E-state index in [1.54, 1.807) is 0 Å². The summed E-state index contributed by atoms with van der Waals surface area (Å²) in [6.07, 6.45) is -1.57. The quantitative estimate of drug-likeness (QED) is 0.848. The van der Waals surface area contributed by atoms with Crippen LogP contribution in [0.1, 0.15) is 23.3 Å². The largest absolute Gasteiger partial charge is 0.491 e. The predicted molar refractivity (Wildman–Crippen MR) is 67.9 cm³/mol. The number of aromatic nitrogens is 2. The number of piperidine rings is 1. The number of alkyl halides is 2. The molecule has 0 saturated carbocycles. The van der Waals surface area contributed by atoms with Gasteiger partial charge < -0.3 is 19.8 Å². The zero-order valence-electron chi connectivity index (χ0n) is 11.3. The smallest absolute Gasteiger partial charge is 0.358 e. The second-order valence-electron chi connectivity index (χ2n) is 4.81. The molecule has 9 heteroatoms. The summed E-state index contributed by atoms with van der Waals surface area (Å²) in [5, 5.41) is 19.0. The molecule has 1 saturated heterocycles. The standard InChI is InChI=1S/C12H15F2N3O4/c1-21-8-7(10(18)19)15-6-16-9(8)17-4-2-3-12(20,5-17)11(13)14/h6,11,20H,2-5H2,1H3,(H,18,19). The van der Waals surface area contributed by atoms with Crippen LogP contribution in [0.5, 0.6) is 5.75 Å². The van der Waals surface area contributed by atoms with Gasteiger partial charge in [-0.3, -0.25) is 0 Å².